The lowest BCUT2D eigenvalue weighted by atomic mass is 10.0. The van der Waals surface area contributed by atoms with Crippen LogP contribution in [0.2, 0.25) is 5.02 Å². The van der Waals surface area contributed by atoms with E-state index in [2.05, 4.69) is 22.4 Å². The second-order valence-electron chi connectivity index (χ2n) is 5.81. The fraction of sp³-hybridized carbons (Fsp3) is 0.250. The largest absolute Gasteiger partial charge is 0.396 e. The van der Waals surface area contributed by atoms with Crippen molar-refractivity contribution in [2.24, 2.45) is 0 Å². The van der Waals surface area contributed by atoms with Crippen molar-refractivity contribution in [3.63, 3.8) is 0 Å². The van der Waals surface area contributed by atoms with Crippen LogP contribution in [0, 0.1) is 0 Å². The van der Waals surface area contributed by atoms with Gasteiger partial charge in [0.15, 0.2) is 0 Å². The summed E-state index contributed by atoms with van der Waals surface area (Å²) >= 11 is 6.42. The summed E-state index contributed by atoms with van der Waals surface area (Å²) in [6.45, 7) is 0.833. The van der Waals surface area contributed by atoms with Crippen molar-refractivity contribution in [2.45, 2.75) is 25.4 Å². The summed E-state index contributed by atoms with van der Waals surface area (Å²) in [5.74, 6) is 0. The molecule has 3 rings (SSSR count). The van der Waals surface area contributed by atoms with E-state index in [4.69, 9.17) is 11.6 Å². The third kappa shape index (κ3) is 3.93. The molecule has 4 heteroatoms. The molecule has 0 aliphatic rings. The van der Waals surface area contributed by atoms with Gasteiger partial charge in [0.2, 0.25) is 0 Å². The van der Waals surface area contributed by atoms with Crippen molar-refractivity contribution in [1.29, 1.82) is 0 Å². The predicted octanol–water partition coefficient (Wildman–Crippen LogP) is 4.49. The number of nitrogens with zero attached hydrogens (tertiary/aromatic N) is 1. The molecule has 0 saturated heterocycles. The van der Waals surface area contributed by atoms with Gasteiger partial charge in [-0.05, 0) is 30.5 Å². The Kier molecular flexibility index (Phi) is 5.81. The maximum absolute atomic E-state index is 9.17. The molecule has 0 aliphatic carbocycles. The maximum Gasteiger partial charge on any atom is 0.0761 e. The van der Waals surface area contributed by atoms with E-state index in [0.717, 1.165) is 34.3 Å². The van der Waals surface area contributed by atoms with Gasteiger partial charge in [-0.15, -0.1) is 0 Å². The van der Waals surface area contributed by atoms with Gasteiger partial charge in [0, 0.05) is 41.4 Å². The van der Waals surface area contributed by atoms with Gasteiger partial charge in [0.1, 0.15) is 0 Å². The number of benzene rings is 2. The normalized spacial score (nSPS) is 12.4. The fourth-order valence-electron chi connectivity index (χ4n) is 2.94. The number of pyridine rings is 1. The van der Waals surface area contributed by atoms with Crippen molar-refractivity contribution in [1.82, 2.24) is 10.3 Å². The van der Waals surface area contributed by atoms with Crippen LogP contribution in [0.25, 0.3) is 10.9 Å². The molecular weight excluding hydrogens is 320 g/mol. The number of hydrogen-bond donors (Lipinski definition) is 2. The minimum absolute atomic E-state index is 0.174. The zero-order valence-electron chi connectivity index (χ0n) is 13.5. The Labute approximate surface area is 147 Å². The second-order valence-corrected chi connectivity index (χ2v) is 6.22. The molecule has 1 atom stereocenters. The zero-order valence-corrected chi connectivity index (χ0v) is 14.2. The highest BCUT2D eigenvalue weighted by Gasteiger charge is 2.13. The molecule has 124 valence electrons. The molecule has 3 nitrogen and oxygen atoms in total. The van der Waals surface area contributed by atoms with E-state index in [0.29, 0.717) is 6.54 Å². The molecule has 0 radical (unpaired) electrons. The Hall–Kier alpha value is -1.94. The summed E-state index contributed by atoms with van der Waals surface area (Å²) in [5.41, 5.74) is 3.17. The minimum Gasteiger partial charge on any atom is -0.396 e. The minimum atomic E-state index is 0.174. The molecule has 0 amide bonds. The maximum atomic E-state index is 9.17. The Bertz CT molecular complexity index is 792. The lowest BCUT2D eigenvalue weighted by Crippen LogP contribution is -2.21. The Morgan fingerprint density at radius 3 is 2.67 bits per heavy atom. The Morgan fingerprint density at radius 1 is 1.04 bits per heavy atom. The summed E-state index contributed by atoms with van der Waals surface area (Å²) in [5, 5.41) is 14.6. The quantitative estimate of drug-likeness (QED) is 0.666. The van der Waals surface area contributed by atoms with Crippen LogP contribution in [0.3, 0.4) is 0 Å². The van der Waals surface area contributed by atoms with E-state index in [9.17, 15) is 5.11 Å². The summed E-state index contributed by atoms with van der Waals surface area (Å²) < 4.78 is 0. The highest BCUT2D eigenvalue weighted by Crippen LogP contribution is 2.26. The molecule has 0 fully saturated rings. The number of nitrogens with one attached hydrogen (secondary N) is 1. The number of rotatable bonds is 7. The van der Waals surface area contributed by atoms with Crippen LogP contribution >= 0.6 is 11.6 Å². The van der Waals surface area contributed by atoms with E-state index >= 15 is 0 Å². The smallest absolute Gasteiger partial charge is 0.0761 e. The van der Waals surface area contributed by atoms with Crippen LogP contribution in [0.1, 0.15) is 30.0 Å². The molecule has 3 aromatic rings. The summed E-state index contributed by atoms with van der Waals surface area (Å²) in [6, 6.07) is 18.4. The first kappa shape index (κ1) is 16.9. The SMILES string of the molecule is OCCCC(NCc1c(Cl)ccc2cccnc12)c1ccccc1. The van der Waals surface area contributed by atoms with Crippen molar-refractivity contribution in [2.75, 3.05) is 6.61 Å². The molecule has 1 aromatic heterocycles. The third-order valence-electron chi connectivity index (χ3n) is 4.20. The van der Waals surface area contributed by atoms with Gasteiger partial charge >= 0.3 is 0 Å². The van der Waals surface area contributed by atoms with Gasteiger partial charge in [-0.3, -0.25) is 4.98 Å². The first-order valence-corrected chi connectivity index (χ1v) is 8.58. The van der Waals surface area contributed by atoms with Crippen LogP contribution in [-0.4, -0.2) is 16.7 Å². The molecule has 2 aromatic carbocycles. The van der Waals surface area contributed by atoms with Gasteiger partial charge in [0.05, 0.1) is 5.52 Å². The zero-order chi connectivity index (χ0) is 16.8. The van der Waals surface area contributed by atoms with Gasteiger partial charge < -0.3 is 10.4 Å². The van der Waals surface area contributed by atoms with Crippen LogP contribution < -0.4 is 5.32 Å². The topological polar surface area (TPSA) is 45.1 Å². The first-order chi connectivity index (χ1) is 11.8. The highest BCUT2D eigenvalue weighted by atomic mass is 35.5. The molecule has 0 bridgehead atoms. The van der Waals surface area contributed by atoms with E-state index in [1.165, 1.54) is 5.56 Å². The number of halogens is 1. The van der Waals surface area contributed by atoms with Crippen LogP contribution in [0.5, 0.6) is 0 Å². The standard InChI is InChI=1S/C20H21ClN2O/c21-18-11-10-16-8-4-12-22-20(16)17(18)14-23-19(9-5-13-24)15-6-2-1-3-7-15/h1-4,6-8,10-12,19,23-24H,5,9,13-14H2. The number of fused-ring (bicyclic) bond motifs is 1. The van der Waals surface area contributed by atoms with Crippen LogP contribution in [-0.2, 0) is 6.54 Å². The van der Waals surface area contributed by atoms with Gasteiger partial charge in [-0.1, -0.05) is 54.1 Å². The number of aromatic nitrogens is 1. The number of aliphatic hydroxyl groups is 1. The summed E-state index contributed by atoms with van der Waals surface area (Å²) in [4.78, 5) is 4.49. The monoisotopic (exact) mass is 340 g/mol. The molecule has 1 unspecified atom stereocenters. The Balaban J connectivity index is 1.83. The summed E-state index contributed by atoms with van der Waals surface area (Å²) in [6.07, 6.45) is 3.42. The van der Waals surface area contributed by atoms with Crippen molar-refractivity contribution < 1.29 is 5.11 Å². The first-order valence-electron chi connectivity index (χ1n) is 8.21. The van der Waals surface area contributed by atoms with Crippen molar-refractivity contribution in [3.8, 4) is 0 Å². The van der Waals surface area contributed by atoms with E-state index in [1.807, 2.05) is 42.5 Å². The fourth-order valence-corrected chi connectivity index (χ4v) is 3.16. The average molecular weight is 341 g/mol. The molecule has 0 saturated carbocycles. The van der Waals surface area contributed by atoms with E-state index in [-0.39, 0.29) is 12.6 Å². The van der Waals surface area contributed by atoms with Gasteiger partial charge in [0.25, 0.3) is 0 Å². The molecule has 0 spiro atoms. The van der Waals surface area contributed by atoms with E-state index in [1.54, 1.807) is 6.20 Å². The van der Waals surface area contributed by atoms with Crippen LogP contribution in [0.4, 0.5) is 0 Å². The van der Waals surface area contributed by atoms with Crippen molar-refractivity contribution >= 4 is 22.5 Å². The molecule has 0 aliphatic heterocycles. The Morgan fingerprint density at radius 2 is 1.88 bits per heavy atom. The third-order valence-corrected chi connectivity index (χ3v) is 4.55. The van der Waals surface area contributed by atoms with Gasteiger partial charge in [-0.25, -0.2) is 0 Å². The number of aliphatic hydroxyl groups excluding tert-OH is 1. The lowest BCUT2D eigenvalue weighted by molar-refractivity contribution is 0.275. The molecular formula is C20H21ClN2O. The molecule has 24 heavy (non-hydrogen) atoms. The molecule has 1 heterocycles. The average Bonchev–Trinajstić information content (AvgIpc) is 2.64. The second kappa shape index (κ2) is 8.25. The van der Waals surface area contributed by atoms with Crippen molar-refractivity contribution in [3.05, 3.63) is 76.9 Å². The number of hydrogen-bond acceptors (Lipinski definition) is 3. The summed E-state index contributed by atoms with van der Waals surface area (Å²) in [7, 11) is 0. The molecule has 2 N–H and O–H groups in total. The van der Waals surface area contributed by atoms with Crippen LogP contribution in [0.15, 0.2) is 60.8 Å². The van der Waals surface area contributed by atoms with Gasteiger partial charge in [-0.2, -0.15) is 0 Å². The highest BCUT2D eigenvalue weighted by molar-refractivity contribution is 6.32. The van der Waals surface area contributed by atoms with E-state index < -0.39 is 0 Å². The predicted molar refractivity (Wildman–Crippen MR) is 99.1 cm³/mol. The lowest BCUT2D eigenvalue weighted by Gasteiger charge is -2.20.